The Morgan fingerprint density at radius 2 is 1.94 bits per heavy atom. The predicted molar refractivity (Wildman–Crippen MR) is 76.1 cm³/mol. The molecule has 2 atom stereocenters. The van der Waals surface area contributed by atoms with Gasteiger partial charge in [0.1, 0.15) is 5.82 Å². The van der Waals surface area contributed by atoms with Crippen molar-refractivity contribution in [3.8, 4) is 0 Å². The normalized spacial score (nSPS) is 14.4. The van der Waals surface area contributed by atoms with Gasteiger partial charge in [-0.1, -0.05) is 51.3 Å². The van der Waals surface area contributed by atoms with Gasteiger partial charge < -0.3 is 5.32 Å². The molecule has 0 heterocycles. The van der Waals surface area contributed by atoms with Crippen LogP contribution in [0.1, 0.15) is 58.1 Å². The SMILES string of the molecule is CCCCC(CC)CN[C@H](C)c1ccccc1F. The Labute approximate surface area is 111 Å². The van der Waals surface area contributed by atoms with Crippen LogP contribution in [0.4, 0.5) is 4.39 Å². The first-order chi connectivity index (χ1) is 8.69. The van der Waals surface area contributed by atoms with Gasteiger partial charge >= 0.3 is 0 Å². The Hall–Kier alpha value is -0.890. The molecule has 0 aliphatic heterocycles. The number of hydrogen-bond acceptors (Lipinski definition) is 1. The van der Waals surface area contributed by atoms with Crippen LogP contribution < -0.4 is 5.32 Å². The van der Waals surface area contributed by atoms with E-state index in [-0.39, 0.29) is 11.9 Å². The van der Waals surface area contributed by atoms with Crippen LogP contribution in [-0.2, 0) is 0 Å². The lowest BCUT2D eigenvalue weighted by Gasteiger charge is -2.20. The van der Waals surface area contributed by atoms with E-state index in [1.54, 1.807) is 6.07 Å². The third-order valence-electron chi connectivity index (χ3n) is 3.63. The molecule has 1 nitrogen and oxygen atoms in total. The lowest BCUT2D eigenvalue weighted by atomic mass is 9.98. The van der Waals surface area contributed by atoms with Gasteiger partial charge in [0.15, 0.2) is 0 Å². The van der Waals surface area contributed by atoms with Crippen LogP contribution >= 0.6 is 0 Å². The molecule has 2 heteroatoms. The van der Waals surface area contributed by atoms with Crippen molar-refractivity contribution in [2.24, 2.45) is 5.92 Å². The first kappa shape index (κ1) is 15.2. The largest absolute Gasteiger partial charge is 0.310 e. The molecule has 0 radical (unpaired) electrons. The van der Waals surface area contributed by atoms with Gasteiger partial charge in [0, 0.05) is 11.6 Å². The summed E-state index contributed by atoms with van der Waals surface area (Å²) in [5.74, 6) is 0.596. The van der Waals surface area contributed by atoms with Crippen molar-refractivity contribution in [2.45, 2.75) is 52.5 Å². The maximum atomic E-state index is 13.6. The standard InChI is InChI=1S/C16H26FN/c1-4-6-9-14(5-2)12-18-13(3)15-10-7-8-11-16(15)17/h7-8,10-11,13-14,18H,4-6,9,12H2,1-3H3/t13-,14?/m1/s1. The topological polar surface area (TPSA) is 12.0 Å². The molecular weight excluding hydrogens is 225 g/mol. The van der Waals surface area contributed by atoms with Gasteiger partial charge in [-0.15, -0.1) is 0 Å². The molecule has 1 unspecified atom stereocenters. The van der Waals surface area contributed by atoms with E-state index in [0.29, 0.717) is 5.92 Å². The van der Waals surface area contributed by atoms with Crippen LogP contribution in [0.3, 0.4) is 0 Å². The Morgan fingerprint density at radius 3 is 2.56 bits per heavy atom. The Bertz CT molecular complexity index is 338. The summed E-state index contributed by atoms with van der Waals surface area (Å²) >= 11 is 0. The Kier molecular flexibility index (Phi) is 6.96. The number of nitrogens with one attached hydrogen (secondary N) is 1. The highest BCUT2D eigenvalue weighted by molar-refractivity contribution is 5.20. The van der Waals surface area contributed by atoms with Crippen LogP contribution in [0.5, 0.6) is 0 Å². The summed E-state index contributed by atoms with van der Waals surface area (Å²) in [4.78, 5) is 0. The molecule has 0 aliphatic carbocycles. The van der Waals surface area contributed by atoms with Crippen molar-refractivity contribution in [1.29, 1.82) is 0 Å². The van der Waals surface area contributed by atoms with E-state index in [9.17, 15) is 4.39 Å². The van der Waals surface area contributed by atoms with Gasteiger partial charge in [0.25, 0.3) is 0 Å². The highest BCUT2D eigenvalue weighted by Gasteiger charge is 2.12. The number of rotatable bonds is 8. The van der Waals surface area contributed by atoms with Crippen LogP contribution in [0.25, 0.3) is 0 Å². The average molecular weight is 251 g/mol. The molecular formula is C16H26FN. The second-order valence-corrected chi connectivity index (χ2v) is 5.07. The summed E-state index contributed by atoms with van der Waals surface area (Å²) in [7, 11) is 0. The highest BCUT2D eigenvalue weighted by Crippen LogP contribution is 2.18. The quantitative estimate of drug-likeness (QED) is 0.706. The Balaban J connectivity index is 2.44. The van der Waals surface area contributed by atoms with E-state index < -0.39 is 0 Å². The van der Waals surface area contributed by atoms with Gasteiger partial charge in [0.2, 0.25) is 0 Å². The van der Waals surface area contributed by atoms with E-state index in [2.05, 4.69) is 19.2 Å². The Morgan fingerprint density at radius 1 is 1.22 bits per heavy atom. The van der Waals surface area contributed by atoms with E-state index >= 15 is 0 Å². The first-order valence-corrected chi connectivity index (χ1v) is 7.16. The number of unbranched alkanes of at least 4 members (excludes halogenated alkanes) is 1. The molecule has 0 aliphatic rings. The molecule has 0 spiro atoms. The first-order valence-electron chi connectivity index (χ1n) is 7.16. The minimum Gasteiger partial charge on any atom is -0.310 e. The zero-order valence-electron chi connectivity index (χ0n) is 11.9. The minimum atomic E-state index is -0.112. The van der Waals surface area contributed by atoms with Crippen LogP contribution in [-0.4, -0.2) is 6.54 Å². The maximum Gasteiger partial charge on any atom is 0.127 e. The monoisotopic (exact) mass is 251 g/mol. The summed E-state index contributed by atoms with van der Waals surface area (Å²) in [5, 5.41) is 3.46. The number of hydrogen-bond donors (Lipinski definition) is 1. The molecule has 0 fully saturated rings. The van der Waals surface area contributed by atoms with E-state index in [1.165, 1.54) is 31.7 Å². The lowest BCUT2D eigenvalue weighted by molar-refractivity contribution is 0.394. The fraction of sp³-hybridized carbons (Fsp3) is 0.625. The molecule has 1 N–H and O–H groups in total. The second-order valence-electron chi connectivity index (χ2n) is 5.07. The average Bonchev–Trinajstić information content (AvgIpc) is 2.39. The van der Waals surface area contributed by atoms with E-state index in [4.69, 9.17) is 0 Å². The van der Waals surface area contributed by atoms with E-state index in [1.807, 2.05) is 19.1 Å². The molecule has 0 amide bonds. The maximum absolute atomic E-state index is 13.6. The number of halogens is 1. The molecule has 102 valence electrons. The smallest absolute Gasteiger partial charge is 0.127 e. The third-order valence-corrected chi connectivity index (χ3v) is 3.63. The van der Waals surface area contributed by atoms with Crippen molar-refractivity contribution < 1.29 is 4.39 Å². The van der Waals surface area contributed by atoms with Crippen molar-refractivity contribution in [2.75, 3.05) is 6.54 Å². The fourth-order valence-electron chi connectivity index (χ4n) is 2.22. The summed E-state index contributed by atoms with van der Waals surface area (Å²) in [5.41, 5.74) is 0.767. The van der Waals surface area contributed by atoms with Crippen molar-refractivity contribution in [3.05, 3.63) is 35.6 Å². The minimum absolute atomic E-state index is 0.0851. The predicted octanol–water partition coefficient (Wildman–Crippen LogP) is 4.69. The highest BCUT2D eigenvalue weighted by atomic mass is 19.1. The summed E-state index contributed by atoms with van der Waals surface area (Å²) in [6.07, 6.45) is 4.99. The van der Waals surface area contributed by atoms with Crippen molar-refractivity contribution in [3.63, 3.8) is 0 Å². The van der Waals surface area contributed by atoms with Gasteiger partial charge in [-0.3, -0.25) is 0 Å². The summed E-state index contributed by atoms with van der Waals surface area (Å²) in [6.45, 7) is 7.47. The van der Waals surface area contributed by atoms with Crippen molar-refractivity contribution >= 4 is 0 Å². The molecule has 18 heavy (non-hydrogen) atoms. The summed E-state index contributed by atoms with van der Waals surface area (Å²) in [6, 6.07) is 7.11. The summed E-state index contributed by atoms with van der Waals surface area (Å²) < 4.78 is 13.6. The molecule has 1 aromatic rings. The molecule has 0 bridgehead atoms. The molecule has 1 aromatic carbocycles. The van der Waals surface area contributed by atoms with Crippen LogP contribution in [0.15, 0.2) is 24.3 Å². The molecule has 0 saturated heterocycles. The van der Waals surface area contributed by atoms with Gasteiger partial charge in [0.05, 0.1) is 0 Å². The number of benzene rings is 1. The zero-order valence-corrected chi connectivity index (χ0v) is 11.9. The van der Waals surface area contributed by atoms with Crippen LogP contribution in [0.2, 0.25) is 0 Å². The van der Waals surface area contributed by atoms with Gasteiger partial charge in [-0.2, -0.15) is 0 Å². The third kappa shape index (κ3) is 4.77. The lowest BCUT2D eigenvalue weighted by Crippen LogP contribution is -2.26. The fourth-order valence-corrected chi connectivity index (χ4v) is 2.22. The molecule has 0 aromatic heterocycles. The van der Waals surface area contributed by atoms with Gasteiger partial charge in [-0.05, 0) is 31.9 Å². The van der Waals surface area contributed by atoms with Gasteiger partial charge in [-0.25, -0.2) is 4.39 Å². The second kappa shape index (κ2) is 8.25. The van der Waals surface area contributed by atoms with E-state index in [0.717, 1.165) is 12.1 Å². The van der Waals surface area contributed by atoms with Crippen molar-refractivity contribution in [1.82, 2.24) is 5.32 Å². The molecule has 0 saturated carbocycles. The molecule has 1 rings (SSSR count). The van der Waals surface area contributed by atoms with Crippen LogP contribution in [0, 0.1) is 11.7 Å². The zero-order chi connectivity index (χ0) is 13.4.